The maximum atomic E-state index is 11.9. The van der Waals surface area contributed by atoms with E-state index in [4.69, 9.17) is 18.0 Å². The lowest BCUT2D eigenvalue weighted by Gasteiger charge is -2.29. The van der Waals surface area contributed by atoms with E-state index < -0.39 is 5.41 Å². The highest BCUT2D eigenvalue weighted by atomic mass is 32.1. The van der Waals surface area contributed by atoms with Gasteiger partial charge in [-0.25, -0.2) is 0 Å². The Morgan fingerprint density at radius 2 is 2.20 bits per heavy atom. The predicted molar refractivity (Wildman–Crippen MR) is 65.5 cm³/mol. The lowest BCUT2D eigenvalue weighted by Crippen LogP contribution is -2.48. The molecule has 0 aromatic carbocycles. The molecule has 1 amide bonds. The molecule has 4 heteroatoms. The summed E-state index contributed by atoms with van der Waals surface area (Å²) in [6.07, 6.45) is 4.41. The van der Waals surface area contributed by atoms with Crippen LogP contribution in [0.2, 0.25) is 0 Å². The van der Waals surface area contributed by atoms with Gasteiger partial charge in [-0.05, 0) is 32.1 Å². The number of amides is 1. The Labute approximate surface area is 96.8 Å². The molecule has 1 rings (SSSR count). The summed E-state index contributed by atoms with van der Waals surface area (Å²) < 4.78 is 0. The third kappa shape index (κ3) is 2.68. The first-order valence-corrected chi connectivity index (χ1v) is 5.99. The molecule has 15 heavy (non-hydrogen) atoms. The normalized spacial score (nSPS) is 20.1. The SMILES string of the molecule is CCC(C)(C(=O)NCC1CCC1)C(N)=S. The van der Waals surface area contributed by atoms with Gasteiger partial charge in [-0.3, -0.25) is 4.79 Å². The second-order valence-corrected chi connectivity index (χ2v) is 5.00. The molecule has 0 aliphatic heterocycles. The summed E-state index contributed by atoms with van der Waals surface area (Å²) in [6, 6.07) is 0. The molecule has 1 unspecified atom stereocenters. The summed E-state index contributed by atoms with van der Waals surface area (Å²) >= 11 is 4.94. The molecular weight excluding hydrogens is 208 g/mol. The summed E-state index contributed by atoms with van der Waals surface area (Å²) in [4.78, 5) is 12.2. The van der Waals surface area contributed by atoms with Gasteiger partial charge in [-0.1, -0.05) is 25.6 Å². The van der Waals surface area contributed by atoms with Crippen molar-refractivity contribution in [2.24, 2.45) is 17.1 Å². The molecule has 0 heterocycles. The van der Waals surface area contributed by atoms with Crippen molar-refractivity contribution in [1.82, 2.24) is 5.32 Å². The zero-order valence-electron chi connectivity index (χ0n) is 9.51. The standard InChI is InChI=1S/C11H20N2OS/c1-3-11(2,9(12)15)10(14)13-7-8-5-4-6-8/h8H,3-7H2,1-2H3,(H2,12,15)(H,13,14). The van der Waals surface area contributed by atoms with Crippen LogP contribution in [0.1, 0.15) is 39.5 Å². The van der Waals surface area contributed by atoms with Crippen LogP contribution in [0.25, 0.3) is 0 Å². The van der Waals surface area contributed by atoms with Crippen LogP contribution in [0.15, 0.2) is 0 Å². The monoisotopic (exact) mass is 228 g/mol. The van der Waals surface area contributed by atoms with Crippen molar-refractivity contribution < 1.29 is 4.79 Å². The fourth-order valence-electron chi connectivity index (χ4n) is 1.58. The van der Waals surface area contributed by atoms with Gasteiger partial charge >= 0.3 is 0 Å². The molecule has 1 saturated carbocycles. The van der Waals surface area contributed by atoms with Crippen LogP contribution in [0.3, 0.4) is 0 Å². The van der Waals surface area contributed by atoms with Gasteiger partial charge in [-0.15, -0.1) is 0 Å². The number of hydrogen-bond acceptors (Lipinski definition) is 2. The van der Waals surface area contributed by atoms with Gasteiger partial charge in [0.15, 0.2) is 0 Å². The summed E-state index contributed by atoms with van der Waals surface area (Å²) in [6.45, 7) is 4.52. The van der Waals surface area contributed by atoms with E-state index in [9.17, 15) is 4.79 Å². The number of nitrogens with one attached hydrogen (secondary N) is 1. The number of carbonyl (C=O) groups is 1. The van der Waals surface area contributed by atoms with Crippen LogP contribution in [-0.4, -0.2) is 17.4 Å². The van der Waals surface area contributed by atoms with Gasteiger partial charge in [0.25, 0.3) is 0 Å². The maximum Gasteiger partial charge on any atom is 0.232 e. The molecule has 1 aliphatic carbocycles. The minimum Gasteiger partial charge on any atom is -0.392 e. The third-order valence-corrected chi connectivity index (χ3v) is 3.98. The zero-order chi connectivity index (χ0) is 11.5. The fourth-order valence-corrected chi connectivity index (χ4v) is 1.81. The van der Waals surface area contributed by atoms with E-state index in [0.29, 0.717) is 12.3 Å². The average molecular weight is 228 g/mol. The minimum atomic E-state index is -0.681. The predicted octanol–water partition coefficient (Wildman–Crippen LogP) is 1.61. The topological polar surface area (TPSA) is 55.1 Å². The first kappa shape index (κ1) is 12.4. The van der Waals surface area contributed by atoms with Gasteiger partial charge in [0.2, 0.25) is 5.91 Å². The van der Waals surface area contributed by atoms with E-state index in [1.165, 1.54) is 19.3 Å². The number of hydrogen-bond donors (Lipinski definition) is 2. The van der Waals surface area contributed by atoms with E-state index in [1.807, 2.05) is 13.8 Å². The molecule has 0 bridgehead atoms. The molecule has 0 spiro atoms. The number of rotatable bonds is 5. The van der Waals surface area contributed by atoms with Crippen LogP contribution in [0.4, 0.5) is 0 Å². The first-order chi connectivity index (χ1) is 7.00. The fraction of sp³-hybridized carbons (Fsp3) is 0.818. The molecule has 86 valence electrons. The minimum absolute atomic E-state index is 0.0237. The highest BCUT2D eigenvalue weighted by Gasteiger charge is 2.34. The van der Waals surface area contributed by atoms with Crippen molar-refractivity contribution in [1.29, 1.82) is 0 Å². The molecule has 1 aliphatic rings. The number of carbonyl (C=O) groups excluding carboxylic acids is 1. The zero-order valence-corrected chi connectivity index (χ0v) is 10.3. The molecule has 0 radical (unpaired) electrons. The van der Waals surface area contributed by atoms with Crippen LogP contribution < -0.4 is 11.1 Å². The van der Waals surface area contributed by atoms with Crippen LogP contribution in [-0.2, 0) is 4.79 Å². The number of nitrogens with two attached hydrogens (primary N) is 1. The summed E-state index contributed by atoms with van der Waals surface area (Å²) in [7, 11) is 0. The van der Waals surface area contributed by atoms with Crippen LogP contribution >= 0.6 is 12.2 Å². The Hall–Kier alpha value is -0.640. The Morgan fingerprint density at radius 1 is 1.60 bits per heavy atom. The highest BCUT2D eigenvalue weighted by Crippen LogP contribution is 2.26. The smallest absolute Gasteiger partial charge is 0.232 e. The van der Waals surface area contributed by atoms with Gasteiger partial charge in [0.05, 0.1) is 10.4 Å². The Balaban J connectivity index is 2.45. The molecule has 3 nitrogen and oxygen atoms in total. The molecule has 0 saturated heterocycles. The Morgan fingerprint density at radius 3 is 2.53 bits per heavy atom. The highest BCUT2D eigenvalue weighted by molar-refractivity contribution is 7.80. The molecule has 1 atom stereocenters. The molecular formula is C11H20N2OS. The third-order valence-electron chi connectivity index (χ3n) is 3.53. The van der Waals surface area contributed by atoms with Crippen molar-refractivity contribution in [2.45, 2.75) is 39.5 Å². The molecule has 0 aromatic rings. The van der Waals surface area contributed by atoms with Crippen molar-refractivity contribution >= 4 is 23.1 Å². The molecule has 1 fully saturated rings. The summed E-state index contributed by atoms with van der Waals surface area (Å²) in [5.74, 6) is 0.644. The lowest BCUT2D eigenvalue weighted by atomic mass is 9.83. The first-order valence-electron chi connectivity index (χ1n) is 5.59. The molecule has 0 aromatic heterocycles. The van der Waals surface area contributed by atoms with Gasteiger partial charge < -0.3 is 11.1 Å². The lowest BCUT2D eigenvalue weighted by molar-refractivity contribution is -0.127. The van der Waals surface area contributed by atoms with Crippen LogP contribution in [0.5, 0.6) is 0 Å². The quantitative estimate of drug-likeness (QED) is 0.703. The van der Waals surface area contributed by atoms with E-state index in [1.54, 1.807) is 0 Å². The molecule has 3 N–H and O–H groups in total. The second-order valence-electron chi connectivity index (χ2n) is 4.56. The van der Waals surface area contributed by atoms with Crippen molar-refractivity contribution in [3.8, 4) is 0 Å². The second kappa shape index (κ2) is 4.92. The maximum absolute atomic E-state index is 11.9. The van der Waals surface area contributed by atoms with E-state index >= 15 is 0 Å². The number of thiocarbonyl (C=S) groups is 1. The van der Waals surface area contributed by atoms with E-state index in [-0.39, 0.29) is 10.9 Å². The van der Waals surface area contributed by atoms with Crippen LogP contribution in [0, 0.1) is 11.3 Å². The van der Waals surface area contributed by atoms with Crippen molar-refractivity contribution in [3.05, 3.63) is 0 Å². The van der Waals surface area contributed by atoms with Gasteiger partial charge in [-0.2, -0.15) is 0 Å². The van der Waals surface area contributed by atoms with Gasteiger partial charge in [0, 0.05) is 6.54 Å². The van der Waals surface area contributed by atoms with Crippen molar-refractivity contribution in [2.75, 3.05) is 6.54 Å². The van der Waals surface area contributed by atoms with E-state index in [0.717, 1.165) is 6.54 Å². The van der Waals surface area contributed by atoms with Gasteiger partial charge in [0.1, 0.15) is 0 Å². The average Bonchev–Trinajstić information content (AvgIpc) is 2.13. The summed E-state index contributed by atoms with van der Waals surface area (Å²) in [5, 5.41) is 2.95. The Bertz CT molecular complexity index is 263. The summed E-state index contributed by atoms with van der Waals surface area (Å²) in [5.41, 5.74) is 4.92. The Kier molecular flexibility index (Phi) is 4.08. The largest absolute Gasteiger partial charge is 0.392 e. The van der Waals surface area contributed by atoms with E-state index in [2.05, 4.69) is 5.32 Å². The van der Waals surface area contributed by atoms with Crippen molar-refractivity contribution in [3.63, 3.8) is 0 Å².